The summed E-state index contributed by atoms with van der Waals surface area (Å²) < 4.78 is 0. The highest BCUT2D eigenvalue weighted by Gasteiger charge is 2.32. The highest BCUT2D eigenvalue weighted by Crippen LogP contribution is 2.37. The molecule has 25 heavy (non-hydrogen) atoms. The maximum Gasteiger partial charge on any atom is 0.0595 e. The summed E-state index contributed by atoms with van der Waals surface area (Å²) in [5.74, 6) is 1.16. The lowest BCUT2D eigenvalue weighted by atomic mass is 9.86. The highest BCUT2D eigenvalue weighted by molar-refractivity contribution is 5.34. The molecule has 3 atom stereocenters. The average Bonchev–Trinajstić information content (AvgIpc) is 2.85. The zero-order valence-electron chi connectivity index (χ0n) is 15.5. The second-order valence-corrected chi connectivity index (χ2v) is 7.27. The van der Waals surface area contributed by atoms with Crippen LogP contribution in [0.2, 0.25) is 0 Å². The zero-order valence-corrected chi connectivity index (χ0v) is 15.5. The van der Waals surface area contributed by atoms with Gasteiger partial charge in [-0.25, -0.2) is 0 Å². The van der Waals surface area contributed by atoms with Crippen molar-refractivity contribution in [1.82, 2.24) is 4.90 Å². The maximum atomic E-state index is 4.01. The molecule has 0 spiro atoms. The molecule has 3 rings (SSSR count). The molecule has 0 aromatic rings. The van der Waals surface area contributed by atoms with E-state index in [4.69, 9.17) is 0 Å². The number of nitrogens with zero attached hydrogens (tertiary/aromatic N) is 1. The Morgan fingerprint density at radius 2 is 2.16 bits per heavy atom. The molecule has 0 N–H and O–H groups in total. The molecule has 0 unspecified atom stereocenters. The molecule has 0 bridgehead atoms. The molecule has 0 saturated carbocycles. The normalized spacial score (nSPS) is 24.6. The van der Waals surface area contributed by atoms with E-state index in [9.17, 15) is 0 Å². The van der Waals surface area contributed by atoms with Crippen LogP contribution in [0.3, 0.4) is 0 Å². The van der Waals surface area contributed by atoms with Gasteiger partial charge < -0.3 is 4.90 Å². The topological polar surface area (TPSA) is 3.24 Å². The van der Waals surface area contributed by atoms with Crippen LogP contribution in [0.25, 0.3) is 0 Å². The molecular weight excluding hydrogens is 302 g/mol. The molecule has 0 radical (unpaired) electrons. The lowest BCUT2D eigenvalue weighted by Crippen LogP contribution is -2.30. The molecule has 0 amide bonds. The first kappa shape index (κ1) is 17.6. The van der Waals surface area contributed by atoms with E-state index < -0.39 is 0 Å². The van der Waals surface area contributed by atoms with E-state index in [2.05, 4.69) is 73.2 Å². The van der Waals surface area contributed by atoms with Gasteiger partial charge in [0.05, 0.1) is 11.7 Å². The molecule has 130 valence electrons. The number of hydrogen-bond donors (Lipinski definition) is 0. The predicted octanol–water partition coefficient (Wildman–Crippen LogP) is 5.88. The maximum absolute atomic E-state index is 4.01. The quantitative estimate of drug-likeness (QED) is 0.569. The first-order valence-electron chi connectivity index (χ1n) is 9.53. The van der Waals surface area contributed by atoms with E-state index in [1.165, 1.54) is 42.5 Å². The molecule has 1 heterocycles. The molecule has 0 aromatic heterocycles. The van der Waals surface area contributed by atoms with Crippen molar-refractivity contribution in [3.8, 4) is 0 Å². The molecule has 1 saturated heterocycles. The summed E-state index contributed by atoms with van der Waals surface area (Å²) >= 11 is 0. The van der Waals surface area contributed by atoms with Gasteiger partial charge in [0.15, 0.2) is 0 Å². The Morgan fingerprint density at radius 3 is 2.92 bits per heavy atom. The van der Waals surface area contributed by atoms with Crippen molar-refractivity contribution < 1.29 is 0 Å². The molecule has 2 aliphatic carbocycles. The summed E-state index contributed by atoms with van der Waals surface area (Å²) in [6.45, 7) is 9.74. The van der Waals surface area contributed by atoms with Gasteiger partial charge in [0.25, 0.3) is 0 Å². The zero-order chi connectivity index (χ0) is 17.6. The van der Waals surface area contributed by atoms with Crippen molar-refractivity contribution in [2.24, 2.45) is 11.8 Å². The number of likely N-dealkylation sites (tertiary alicyclic amines) is 1. The van der Waals surface area contributed by atoms with Gasteiger partial charge >= 0.3 is 0 Å². The summed E-state index contributed by atoms with van der Waals surface area (Å²) in [4.78, 5) is 2.48. The molecular formula is C24H29N. The van der Waals surface area contributed by atoms with Crippen molar-refractivity contribution in [3.63, 3.8) is 0 Å². The number of rotatable bonds is 5. The van der Waals surface area contributed by atoms with Crippen LogP contribution in [0, 0.1) is 11.8 Å². The van der Waals surface area contributed by atoms with Gasteiger partial charge in [-0.15, -0.1) is 11.5 Å². The lowest BCUT2D eigenvalue weighted by molar-refractivity contribution is 0.336. The molecule has 1 fully saturated rings. The highest BCUT2D eigenvalue weighted by atomic mass is 15.2. The van der Waals surface area contributed by atoms with Crippen LogP contribution in [-0.4, -0.2) is 17.5 Å². The summed E-state index contributed by atoms with van der Waals surface area (Å²) in [5, 5.41) is 0. The van der Waals surface area contributed by atoms with Crippen LogP contribution < -0.4 is 0 Å². The minimum Gasteiger partial charge on any atom is -0.362 e. The smallest absolute Gasteiger partial charge is 0.0595 e. The van der Waals surface area contributed by atoms with Gasteiger partial charge in [-0.05, 0) is 61.8 Å². The Morgan fingerprint density at radius 1 is 1.28 bits per heavy atom. The standard InChI is InChI=1S/C24H29N/c1-4-24-23(18-19(2)21-12-10-7-11-13-21)16-17-25(24)20(3)22-14-8-5-6-9-15-22/h5-6,8,10,12-15,19-20,23H,1,7,11,16-18H2,2-3H3/t19-,20-,23+/m0/s1. The average molecular weight is 332 g/mol. The minimum atomic E-state index is 0.335. The van der Waals surface area contributed by atoms with Crippen LogP contribution >= 0.6 is 0 Å². The lowest BCUT2D eigenvalue weighted by Gasteiger charge is -2.29. The number of hydrogen-bond acceptors (Lipinski definition) is 1. The third-order valence-corrected chi connectivity index (χ3v) is 5.62. The molecule has 1 heteroatoms. The van der Waals surface area contributed by atoms with E-state index in [-0.39, 0.29) is 0 Å². The summed E-state index contributed by atoms with van der Waals surface area (Å²) in [7, 11) is 0. The first-order chi connectivity index (χ1) is 12.2. The largest absolute Gasteiger partial charge is 0.362 e. The summed E-state index contributed by atoms with van der Waals surface area (Å²) in [6.07, 6.45) is 22.2. The van der Waals surface area contributed by atoms with Gasteiger partial charge in [0.1, 0.15) is 0 Å². The van der Waals surface area contributed by atoms with E-state index in [0.717, 1.165) is 6.54 Å². The van der Waals surface area contributed by atoms with Gasteiger partial charge in [-0.2, -0.15) is 0 Å². The van der Waals surface area contributed by atoms with Crippen molar-refractivity contribution in [3.05, 3.63) is 83.5 Å². The van der Waals surface area contributed by atoms with E-state index in [1.807, 2.05) is 12.2 Å². The summed E-state index contributed by atoms with van der Waals surface area (Å²) in [5.41, 5.74) is 10.6. The van der Waals surface area contributed by atoms with Crippen molar-refractivity contribution in [2.45, 2.75) is 45.6 Å². The second kappa shape index (κ2) is 8.26. The Balaban J connectivity index is 1.70. The van der Waals surface area contributed by atoms with Crippen LogP contribution in [-0.2, 0) is 0 Å². The number of allylic oxidation sites excluding steroid dienone is 8. The predicted molar refractivity (Wildman–Crippen MR) is 107 cm³/mol. The fraction of sp³-hybridized carbons (Fsp3) is 0.417. The third-order valence-electron chi connectivity index (χ3n) is 5.62. The van der Waals surface area contributed by atoms with Gasteiger partial charge in [0.2, 0.25) is 0 Å². The van der Waals surface area contributed by atoms with Crippen LogP contribution in [0.1, 0.15) is 39.5 Å². The monoisotopic (exact) mass is 331 g/mol. The Labute approximate surface area is 152 Å². The fourth-order valence-electron chi connectivity index (χ4n) is 4.14. The molecule has 0 aromatic carbocycles. The van der Waals surface area contributed by atoms with Crippen LogP contribution in [0.15, 0.2) is 83.5 Å². The van der Waals surface area contributed by atoms with Gasteiger partial charge in [0, 0.05) is 12.5 Å². The Kier molecular flexibility index (Phi) is 5.82. The van der Waals surface area contributed by atoms with E-state index >= 15 is 0 Å². The van der Waals surface area contributed by atoms with E-state index in [0.29, 0.717) is 17.9 Å². The SMILES string of the molecule is C=C=C1[C@@H](C[C@H](C)C2=CCCC=C2)CCN1[C@@H](C)C1=CC=CC=C=C1. The van der Waals surface area contributed by atoms with Crippen LogP contribution in [0.4, 0.5) is 0 Å². The van der Waals surface area contributed by atoms with Crippen molar-refractivity contribution in [1.29, 1.82) is 0 Å². The molecule has 1 nitrogen and oxygen atoms in total. The Bertz CT molecular complexity index is 730. The Hall–Kier alpha value is -2.20. The molecule has 1 aliphatic heterocycles. The fourth-order valence-corrected chi connectivity index (χ4v) is 4.14. The first-order valence-corrected chi connectivity index (χ1v) is 9.53. The van der Waals surface area contributed by atoms with E-state index in [1.54, 1.807) is 0 Å². The summed E-state index contributed by atoms with van der Waals surface area (Å²) in [6, 6.07) is 0.335. The van der Waals surface area contributed by atoms with Gasteiger partial charge in [-0.3, -0.25) is 0 Å². The second-order valence-electron chi connectivity index (χ2n) is 7.27. The van der Waals surface area contributed by atoms with Crippen molar-refractivity contribution >= 4 is 0 Å². The van der Waals surface area contributed by atoms with Crippen molar-refractivity contribution in [2.75, 3.05) is 6.54 Å². The molecule has 3 aliphatic rings. The third kappa shape index (κ3) is 4.07. The minimum absolute atomic E-state index is 0.335. The van der Waals surface area contributed by atoms with Crippen LogP contribution in [0.5, 0.6) is 0 Å². The van der Waals surface area contributed by atoms with Gasteiger partial charge in [-0.1, -0.05) is 50.0 Å².